The Hall–Kier alpha value is -3.59. The lowest BCUT2D eigenvalue weighted by molar-refractivity contribution is -0.121. The summed E-state index contributed by atoms with van der Waals surface area (Å²) in [6.07, 6.45) is 3.14. The van der Waals surface area contributed by atoms with Crippen LogP contribution in [0.25, 0.3) is 16.6 Å². The number of aromatic nitrogens is 5. The summed E-state index contributed by atoms with van der Waals surface area (Å²) in [4.78, 5) is 18.5. The second kappa shape index (κ2) is 8.51. The van der Waals surface area contributed by atoms with Crippen molar-refractivity contribution in [2.45, 2.75) is 26.3 Å². The zero-order valence-electron chi connectivity index (χ0n) is 17.8. The van der Waals surface area contributed by atoms with Crippen molar-refractivity contribution in [3.8, 4) is 5.69 Å². The fourth-order valence-electron chi connectivity index (χ4n) is 4.31. The molecule has 1 saturated heterocycles. The van der Waals surface area contributed by atoms with Crippen molar-refractivity contribution >= 4 is 22.5 Å². The van der Waals surface area contributed by atoms with Gasteiger partial charge in [0.25, 0.3) is 0 Å². The molecule has 0 saturated carbocycles. The standard InChI is InChI=1S/C23H24FN7O/c1-15-20-12-17(24)2-7-21(20)27-22(15)13-30-10-8-16(9-11-30)23(32)26-18-3-5-19(6-4-18)31-14-25-28-29-31/h2-7,12,14,16,27H,8-11,13H2,1H3,(H,26,32). The number of carbonyl (C=O) groups excluding carboxylic acids is 1. The Labute approximate surface area is 184 Å². The van der Waals surface area contributed by atoms with Crippen molar-refractivity contribution in [2.24, 2.45) is 5.92 Å². The van der Waals surface area contributed by atoms with Gasteiger partial charge in [-0.2, -0.15) is 0 Å². The number of aryl methyl sites for hydroxylation is 1. The van der Waals surface area contributed by atoms with Gasteiger partial charge in [0.1, 0.15) is 12.1 Å². The first kappa shape index (κ1) is 20.3. The van der Waals surface area contributed by atoms with Gasteiger partial charge in [-0.15, -0.1) is 5.10 Å². The van der Waals surface area contributed by atoms with Gasteiger partial charge in [0.05, 0.1) is 5.69 Å². The van der Waals surface area contributed by atoms with E-state index in [-0.39, 0.29) is 17.6 Å². The number of aromatic amines is 1. The van der Waals surface area contributed by atoms with Gasteiger partial charge in [-0.05, 0) is 91.3 Å². The van der Waals surface area contributed by atoms with Gasteiger partial charge in [-0.3, -0.25) is 9.69 Å². The lowest BCUT2D eigenvalue weighted by Gasteiger charge is -2.31. The van der Waals surface area contributed by atoms with Crippen molar-refractivity contribution in [3.05, 3.63) is 65.9 Å². The third kappa shape index (κ3) is 4.11. The number of benzene rings is 2. The van der Waals surface area contributed by atoms with Crippen LogP contribution < -0.4 is 5.32 Å². The molecule has 0 atom stereocenters. The summed E-state index contributed by atoms with van der Waals surface area (Å²) in [7, 11) is 0. The number of nitrogens with one attached hydrogen (secondary N) is 2. The number of fused-ring (bicyclic) bond motifs is 1. The SMILES string of the molecule is Cc1c(CN2CCC(C(=O)Nc3ccc(-n4cnnn4)cc3)CC2)[nH]c2ccc(F)cc12. The van der Waals surface area contributed by atoms with Crippen LogP contribution in [0.5, 0.6) is 0 Å². The molecule has 3 heterocycles. The second-order valence-corrected chi connectivity index (χ2v) is 8.26. The molecule has 0 aliphatic carbocycles. The number of carbonyl (C=O) groups is 1. The predicted molar refractivity (Wildman–Crippen MR) is 119 cm³/mol. The highest BCUT2D eigenvalue weighted by atomic mass is 19.1. The van der Waals surface area contributed by atoms with Crippen molar-refractivity contribution in [3.63, 3.8) is 0 Å². The van der Waals surface area contributed by atoms with Crippen LogP contribution in [-0.2, 0) is 11.3 Å². The van der Waals surface area contributed by atoms with Crippen LogP contribution in [-0.4, -0.2) is 49.1 Å². The summed E-state index contributed by atoms with van der Waals surface area (Å²) < 4.78 is 15.1. The third-order valence-corrected chi connectivity index (χ3v) is 6.21. The van der Waals surface area contributed by atoms with E-state index in [1.165, 1.54) is 12.4 Å². The van der Waals surface area contributed by atoms with Crippen LogP contribution in [0.3, 0.4) is 0 Å². The third-order valence-electron chi connectivity index (χ3n) is 6.21. The summed E-state index contributed by atoms with van der Waals surface area (Å²) >= 11 is 0. The van der Waals surface area contributed by atoms with Gasteiger partial charge in [0, 0.05) is 34.7 Å². The number of anilines is 1. The smallest absolute Gasteiger partial charge is 0.227 e. The largest absolute Gasteiger partial charge is 0.357 e. The molecule has 9 heteroatoms. The van der Waals surface area contributed by atoms with E-state index >= 15 is 0 Å². The predicted octanol–water partition coefficient (Wildman–Crippen LogP) is 3.44. The number of amides is 1. The first-order valence-electron chi connectivity index (χ1n) is 10.7. The highest BCUT2D eigenvalue weighted by Gasteiger charge is 2.25. The molecule has 164 valence electrons. The topological polar surface area (TPSA) is 91.7 Å². The summed E-state index contributed by atoms with van der Waals surface area (Å²) in [6, 6.07) is 12.3. The Kier molecular flexibility index (Phi) is 5.40. The summed E-state index contributed by atoms with van der Waals surface area (Å²) in [5, 5.41) is 15.1. The Morgan fingerprint density at radius 1 is 1.19 bits per heavy atom. The normalized spacial score (nSPS) is 15.3. The average molecular weight is 433 g/mol. The molecule has 0 unspecified atom stereocenters. The van der Waals surface area contributed by atoms with E-state index < -0.39 is 0 Å². The Bertz CT molecular complexity index is 1230. The quantitative estimate of drug-likeness (QED) is 0.503. The fraction of sp³-hybridized carbons (Fsp3) is 0.304. The minimum atomic E-state index is -0.219. The number of nitrogens with zero attached hydrogens (tertiary/aromatic N) is 5. The van der Waals surface area contributed by atoms with Crippen LogP contribution in [0.1, 0.15) is 24.1 Å². The number of rotatable bonds is 5. The zero-order valence-corrected chi connectivity index (χ0v) is 17.8. The summed E-state index contributed by atoms with van der Waals surface area (Å²) in [5.74, 6) is -0.177. The molecule has 1 amide bonds. The Morgan fingerprint density at radius 2 is 1.97 bits per heavy atom. The fourth-order valence-corrected chi connectivity index (χ4v) is 4.31. The highest BCUT2D eigenvalue weighted by Crippen LogP contribution is 2.26. The summed E-state index contributed by atoms with van der Waals surface area (Å²) in [5.41, 5.74) is 4.74. The molecular formula is C23H24FN7O. The van der Waals surface area contributed by atoms with E-state index in [9.17, 15) is 9.18 Å². The maximum Gasteiger partial charge on any atom is 0.227 e. The number of halogens is 1. The molecule has 1 aliphatic heterocycles. The Morgan fingerprint density at radius 3 is 2.69 bits per heavy atom. The molecule has 0 spiro atoms. The minimum absolute atomic E-state index is 0.0108. The van der Waals surface area contributed by atoms with Gasteiger partial charge in [0.15, 0.2) is 0 Å². The second-order valence-electron chi connectivity index (χ2n) is 8.26. The van der Waals surface area contributed by atoms with Crippen LogP contribution in [0.4, 0.5) is 10.1 Å². The molecule has 0 bridgehead atoms. The van der Waals surface area contributed by atoms with Crippen LogP contribution in [0, 0.1) is 18.7 Å². The van der Waals surface area contributed by atoms with Gasteiger partial charge < -0.3 is 10.3 Å². The molecule has 5 rings (SSSR count). The van der Waals surface area contributed by atoms with Crippen LogP contribution >= 0.6 is 0 Å². The number of hydrogen-bond donors (Lipinski definition) is 2. The minimum Gasteiger partial charge on any atom is -0.357 e. The number of hydrogen-bond acceptors (Lipinski definition) is 5. The zero-order chi connectivity index (χ0) is 22.1. The van der Waals surface area contributed by atoms with E-state index in [4.69, 9.17) is 0 Å². The molecule has 2 aromatic heterocycles. The number of H-pyrrole nitrogens is 1. The van der Waals surface area contributed by atoms with Crippen molar-refractivity contribution in [1.82, 2.24) is 30.1 Å². The van der Waals surface area contributed by atoms with Crippen LogP contribution in [0.15, 0.2) is 48.8 Å². The lowest BCUT2D eigenvalue weighted by atomic mass is 9.95. The molecule has 2 aromatic carbocycles. The lowest BCUT2D eigenvalue weighted by Crippen LogP contribution is -2.37. The van der Waals surface area contributed by atoms with Crippen molar-refractivity contribution in [1.29, 1.82) is 0 Å². The van der Waals surface area contributed by atoms with E-state index in [2.05, 4.69) is 30.7 Å². The molecule has 0 radical (unpaired) electrons. The maximum atomic E-state index is 13.6. The van der Waals surface area contributed by atoms with Gasteiger partial charge in [-0.25, -0.2) is 9.07 Å². The molecule has 8 nitrogen and oxygen atoms in total. The molecular weight excluding hydrogens is 409 g/mol. The van der Waals surface area contributed by atoms with E-state index in [1.54, 1.807) is 16.8 Å². The average Bonchev–Trinajstić information content (AvgIpc) is 3.44. The molecule has 4 aromatic rings. The first-order chi connectivity index (χ1) is 15.6. The van der Waals surface area contributed by atoms with Crippen molar-refractivity contribution < 1.29 is 9.18 Å². The van der Waals surface area contributed by atoms with Gasteiger partial charge >= 0.3 is 0 Å². The van der Waals surface area contributed by atoms with E-state index in [1.807, 2.05) is 31.2 Å². The molecule has 1 aliphatic rings. The van der Waals surface area contributed by atoms with Crippen LogP contribution in [0.2, 0.25) is 0 Å². The maximum absolute atomic E-state index is 13.6. The van der Waals surface area contributed by atoms with E-state index in [0.29, 0.717) is 0 Å². The number of likely N-dealkylation sites (tertiary alicyclic amines) is 1. The summed E-state index contributed by atoms with van der Waals surface area (Å²) in [6.45, 7) is 4.49. The van der Waals surface area contributed by atoms with Gasteiger partial charge in [0.2, 0.25) is 5.91 Å². The molecule has 32 heavy (non-hydrogen) atoms. The Balaban J connectivity index is 1.16. The number of piperidine rings is 1. The van der Waals surface area contributed by atoms with Crippen molar-refractivity contribution in [2.75, 3.05) is 18.4 Å². The van der Waals surface area contributed by atoms with Gasteiger partial charge in [-0.1, -0.05) is 0 Å². The first-order valence-corrected chi connectivity index (χ1v) is 10.7. The highest BCUT2D eigenvalue weighted by molar-refractivity contribution is 5.92. The molecule has 2 N–H and O–H groups in total. The monoisotopic (exact) mass is 433 g/mol. The van der Waals surface area contributed by atoms with E-state index in [0.717, 1.165) is 66.0 Å². The number of tetrazole rings is 1. The molecule has 1 fully saturated rings.